The predicted octanol–water partition coefficient (Wildman–Crippen LogP) is 1.11. The van der Waals surface area contributed by atoms with Crippen molar-refractivity contribution in [2.45, 2.75) is 6.92 Å². The molecule has 0 fully saturated rings. The highest BCUT2D eigenvalue weighted by atomic mass is 79.9. The topological polar surface area (TPSA) is 20.3 Å². The molecule has 0 saturated carbocycles. The number of halogens is 1. The van der Waals surface area contributed by atoms with E-state index in [4.69, 9.17) is 0 Å². The molecule has 3 heteroatoms. The molecule has 9 heavy (non-hydrogen) atoms. The quantitative estimate of drug-likeness (QED) is 0.603. The standard InChI is InChI=1S/C6H12BrNO/c1-5(4-7)6(9)8(2)3/h5H,4H2,1-3H3. The number of alkyl halides is 1. The first-order valence-electron chi connectivity index (χ1n) is 2.86. The van der Waals surface area contributed by atoms with Crippen LogP contribution in [0, 0.1) is 5.92 Å². The van der Waals surface area contributed by atoms with E-state index < -0.39 is 0 Å². The first-order valence-corrected chi connectivity index (χ1v) is 3.99. The van der Waals surface area contributed by atoms with Crippen molar-refractivity contribution >= 4 is 21.8 Å². The molecule has 1 amide bonds. The third-order valence-electron chi connectivity index (χ3n) is 1.09. The van der Waals surface area contributed by atoms with E-state index in [1.54, 1.807) is 19.0 Å². The largest absolute Gasteiger partial charge is 0.349 e. The smallest absolute Gasteiger partial charge is 0.225 e. The Bertz CT molecular complexity index is 103. The molecule has 0 saturated heterocycles. The summed E-state index contributed by atoms with van der Waals surface area (Å²) in [4.78, 5) is 12.6. The van der Waals surface area contributed by atoms with Crippen LogP contribution in [0.25, 0.3) is 0 Å². The Morgan fingerprint density at radius 2 is 2.11 bits per heavy atom. The van der Waals surface area contributed by atoms with Crippen molar-refractivity contribution in [2.75, 3.05) is 19.4 Å². The van der Waals surface area contributed by atoms with Gasteiger partial charge in [0.2, 0.25) is 5.91 Å². The van der Waals surface area contributed by atoms with Gasteiger partial charge in [0.15, 0.2) is 0 Å². The monoisotopic (exact) mass is 193 g/mol. The summed E-state index contributed by atoms with van der Waals surface area (Å²) in [6.45, 7) is 1.90. The maximum atomic E-state index is 11.0. The summed E-state index contributed by atoms with van der Waals surface area (Å²) >= 11 is 3.24. The van der Waals surface area contributed by atoms with Gasteiger partial charge in [-0.25, -0.2) is 0 Å². The molecule has 0 rings (SSSR count). The second kappa shape index (κ2) is 3.88. The van der Waals surface area contributed by atoms with Crippen molar-refractivity contribution < 1.29 is 4.79 Å². The summed E-state index contributed by atoms with van der Waals surface area (Å²) in [6.07, 6.45) is 0. The zero-order valence-electron chi connectivity index (χ0n) is 6.02. The lowest BCUT2D eigenvalue weighted by atomic mass is 10.2. The number of hydrogen-bond donors (Lipinski definition) is 0. The Balaban J connectivity index is 3.73. The van der Waals surface area contributed by atoms with Gasteiger partial charge in [-0.15, -0.1) is 0 Å². The van der Waals surface area contributed by atoms with Gasteiger partial charge in [-0.3, -0.25) is 4.79 Å². The molecule has 54 valence electrons. The lowest BCUT2D eigenvalue weighted by Gasteiger charge is -2.13. The molecule has 0 aliphatic carbocycles. The normalized spacial score (nSPS) is 12.9. The van der Waals surface area contributed by atoms with Crippen molar-refractivity contribution in [1.29, 1.82) is 0 Å². The molecular formula is C6H12BrNO. The molecule has 0 aromatic rings. The van der Waals surface area contributed by atoms with E-state index in [0.29, 0.717) is 0 Å². The van der Waals surface area contributed by atoms with Crippen LogP contribution in [-0.2, 0) is 4.79 Å². The second-order valence-corrected chi connectivity index (χ2v) is 2.94. The average Bonchev–Trinajstić information content (AvgIpc) is 1.84. The van der Waals surface area contributed by atoms with Crippen LogP contribution in [0.3, 0.4) is 0 Å². The highest BCUT2D eigenvalue weighted by Crippen LogP contribution is 2.01. The van der Waals surface area contributed by atoms with Crippen molar-refractivity contribution in [2.24, 2.45) is 5.92 Å². The lowest BCUT2D eigenvalue weighted by molar-refractivity contribution is -0.131. The summed E-state index contributed by atoms with van der Waals surface area (Å²) in [7, 11) is 3.53. The maximum Gasteiger partial charge on any atom is 0.225 e. The van der Waals surface area contributed by atoms with Gasteiger partial charge in [0.25, 0.3) is 0 Å². The minimum Gasteiger partial charge on any atom is -0.349 e. The molecule has 0 aromatic carbocycles. The molecule has 0 bridgehead atoms. The SMILES string of the molecule is CC(CBr)C(=O)N(C)C. The number of amides is 1. The van der Waals surface area contributed by atoms with Gasteiger partial charge >= 0.3 is 0 Å². The minimum atomic E-state index is 0.0972. The van der Waals surface area contributed by atoms with Crippen LogP contribution in [0.2, 0.25) is 0 Å². The van der Waals surface area contributed by atoms with E-state index in [0.717, 1.165) is 5.33 Å². The Morgan fingerprint density at radius 3 is 2.22 bits per heavy atom. The van der Waals surface area contributed by atoms with Crippen LogP contribution in [0.4, 0.5) is 0 Å². The van der Waals surface area contributed by atoms with Crippen LogP contribution >= 0.6 is 15.9 Å². The Morgan fingerprint density at radius 1 is 1.67 bits per heavy atom. The van der Waals surface area contributed by atoms with E-state index in [9.17, 15) is 4.79 Å². The Labute approximate surface area is 64.4 Å². The van der Waals surface area contributed by atoms with E-state index in [1.165, 1.54) is 0 Å². The summed E-state index contributed by atoms with van der Waals surface area (Å²) in [5.74, 6) is 0.270. The summed E-state index contributed by atoms with van der Waals surface area (Å²) in [5, 5.41) is 0.740. The molecular weight excluding hydrogens is 182 g/mol. The number of carbonyl (C=O) groups is 1. The van der Waals surface area contributed by atoms with Gasteiger partial charge in [-0.2, -0.15) is 0 Å². The van der Waals surface area contributed by atoms with Crippen molar-refractivity contribution in [3.8, 4) is 0 Å². The van der Waals surface area contributed by atoms with Crippen molar-refractivity contribution in [3.63, 3.8) is 0 Å². The zero-order chi connectivity index (χ0) is 7.44. The van der Waals surface area contributed by atoms with Gasteiger partial charge in [0.1, 0.15) is 0 Å². The summed E-state index contributed by atoms with van der Waals surface area (Å²) in [5.41, 5.74) is 0. The van der Waals surface area contributed by atoms with Gasteiger partial charge in [0, 0.05) is 25.3 Å². The van der Waals surface area contributed by atoms with Gasteiger partial charge in [-0.05, 0) is 0 Å². The van der Waals surface area contributed by atoms with Crippen LogP contribution in [0.1, 0.15) is 6.92 Å². The molecule has 0 aliphatic rings. The Kier molecular flexibility index (Phi) is 3.86. The van der Waals surface area contributed by atoms with Gasteiger partial charge in [0.05, 0.1) is 0 Å². The van der Waals surface area contributed by atoms with Crippen molar-refractivity contribution in [3.05, 3.63) is 0 Å². The number of carbonyl (C=O) groups excluding carboxylic acids is 1. The zero-order valence-corrected chi connectivity index (χ0v) is 7.60. The fraction of sp³-hybridized carbons (Fsp3) is 0.833. The minimum absolute atomic E-state index is 0.0972. The molecule has 1 atom stereocenters. The third-order valence-corrected chi connectivity index (χ3v) is 2.07. The number of hydrogen-bond acceptors (Lipinski definition) is 1. The molecule has 2 nitrogen and oxygen atoms in total. The second-order valence-electron chi connectivity index (χ2n) is 2.29. The predicted molar refractivity (Wildman–Crippen MR) is 41.7 cm³/mol. The van der Waals surface area contributed by atoms with E-state index >= 15 is 0 Å². The first kappa shape index (κ1) is 8.95. The highest BCUT2D eigenvalue weighted by molar-refractivity contribution is 9.09. The average molecular weight is 194 g/mol. The number of rotatable bonds is 2. The molecule has 0 aromatic heterocycles. The molecule has 1 unspecified atom stereocenters. The number of nitrogens with zero attached hydrogens (tertiary/aromatic N) is 1. The highest BCUT2D eigenvalue weighted by Gasteiger charge is 2.11. The van der Waals surface area contributed by atoms with E-state index in [-0.39, 0.29) is 11.8 Å². The Hall–Kier alpha value is -0.0500. The fourth-order valence-corrected chi connectivity index (χ4v) is 0.784. The first-order chi connectivity index (χ1) is 4.09. The van der Waals surface area contributed by atoms with Crippen LogP contribution in [-0.4, -0.2) is 30.2 Å². The van der Waals surface area contributed by atoms with Crippen LogP contribution in [0.5, 0.6) is 0 Å². The molecule has 0 heterocycles. The van der Waals surface area contributed by atoms with E-state index in [1.807, 2.05) is 6.92 Å². The molecule has 0 spiro atoms. The van der Waals surface area contributed by atoms with Crippen LogP contribution in [0.15, 0.2) is 0 Å². The molecule has 0 N–H and O–H groups in total. The van der Waals surface area contributed by atoms with E-state index in [2.05, 4.69) is 15.9 Å². The van der Waals surface area contributed by atoms with Crippen LogP contribution < -0.4 is 0 Å². The summed E-state index contributed by atoms with van der Waals surface area (Å²) in [6, 6.07) is 0. The maximum absolute atomic E-state index is 11.0. The van der Waals surface area contributed by atoms with Gasteiger partial charge < -0.3 is 4.90 Å². The fourth-order valence-electron chi connectivity index (χ4n) is 0.507. The van der Waals surface area contributed by atoms with Gasteiger partial charge in [-0.1, -0.05) is 22.9 Å². The molecule has 0 aliphatic heterocycles. The lowest BCUT2D eigenvalue weighted by Crippen LogP contribution is -2.28. The van der Waals surface area contributed by atoms with Crippen molar-refractivity contribution in [1.82, 2.24) is 4.90 Å². The summed E-state index contributed by atoms with van der Waals surface area (Å²) < 4.78 is 0. The third kappa shape index (κ3) is 2.84. The molecule has 0 radical (unpaired) electrons.